The zero-order valence-corrected chi connectivity index (χ0v) is 12.8. The first kappa shape index (κ1) is 14.2. The zero-order chi connectivity index (χ0) is 13.9. The van der Waals surface area contributed by atoms with Crippen molar-refractivity contribution in [3.05, 3.63) is 45.7 Å². The third-order valence-corrected chi connectivity index (χ3v) is 4.37. The van der Waals surface area contributed by atoms with Crippen LogP contribution in [-0.4, -0.2) is 9.97 Å². The smallest absolute Gasteiger partial charge is 0.0981 e. The van der Waals surface area contributed by atoms with Crippen LogP contribution in [0.15, 0.2) is 24.7 Å². The Morgan fingerprint density at radius 3 is 2.63 bits per heavy atom. The van der Waals surface area contributed by atoms with Gasteiger partial charge in [0.1, 0.15) is 0 Å². The van der Waals surface area contributed by atoms with E-state index in [0.29, 0.717) is 0 Å². The molecular formula is C15H21N3S. The van der Waals surface area contributed by atoms with Crippen molar-refractivity contribution >= 4 is 11.3 Å². The molecule has 2 aromatic rings. The monoisotopic (exact) mass is 275 g/mol. The van der Waals surface area contributed by atoms with Gasteiger partial charge in [0.05, 0.1) is 5.01 Å². The highest BCUT2D eigenvalue weighted by atomic mass is 32.1. The summed E-state index contributed by atoms with van der Waals surface area (Å²) in [5.74, 6) is 0. The summed E-state index contributed by atoms with van der Waals surface area (Å²) < 4.78 is 0. The number of aromatic nitrogens is 2. The fraction of sp³-hybridized carbons (Fsp3) is 0.467. The van der Waals surface area contributed by atoms with E-state index in [0.717, 1.165) is 13.1 Å². The summed E-state index contributed by atoms with van der Waals surface area (Å²) in [4.78, 5) is 9.89. The third kappa shape index (κ3) is 3.85. The van der Waals surface area contributed by atoms with E-state index in [9.17, 15) is 0 Å². The largest absolute Gasteiger partial charge is 0.308 e. The second kappa shape index (κ2) is 5.80. The molecule has 0 aliphatic heterocycles. The number of hydrogen-bond acceptors (Lipinski definition) is 4. The van der Waals surface area contributed by atoms with Crippen molar-refractivity contribution in [3.8, 4) is 0 Å². The Morgan fingerprint density at radius 1 is 1.21 bits per heavy atom. The van der Waals surface area contributed by atoms with E-state index >= 15 is 0 Å². The molecule has 0 spiro atoms. The third-order valence-electron chi connectivity index (χ3n) is 2.95. The van der Waals surface area contributed by atoms with E-state index in [4.69, 9.17) is 0 Å². The van der Waals surface area contributed by atoms with Crippen LogP contribution in [0.2, 0.25) is 0 Å². The Labute approximate surface area is 119 Å². The molecule has 19 heavy (non-hydrogen) atoms. The summed E-state index contributed by atoms with van der Waals surface area (Å²) >= 11 is 1.79. The average molecular weight is 275 g/mol. The number of hydrogen-bond donors (Lipinski definition) is 1. The van der Waals surface area contributed by atoms with Gasteiger partial charge in [-0.25, -0.2) is 4.98 Å². The van der Waals surface area contributed by atoms with Gasteiger partial charge in [-0.1, -0.05) is 20.8 Å². The minimum absolute atomic E-state index is 0.143. The SMILES string of the molecule is Cc1cnccc1CNCc1cnc(C(C)(C)C)s1. The van der Waals surface area contributed by atoms with E-state index in [1.807, 2.05) is 18.6 Å². The number of nitrogens with zero attached hydrogens (tertiary/aromatic N) is 2. The quantitative estimate of drug-likeness (QED) is 0.929. The molecule has 0 radical (unpaired) electrons. The van der Waals surface area contributed by atoms with Crippen molar-refractivity contribution in [2.24, 2.45) is 0 Å². The lowest BCUT2D eigenvalue weighted by Crippen LogP contribution is -2.12. The highest BCUT2D eigenvalue weighted by Crippen LogP contribution is 2.26. The Balaban J connectivity index is 1.90. The first-order valence-electron chi connectivity index (χ1n) is 6.52. The fourth-order valence-electron chi connectivity index (χ4n) is 1.76. The van der Waals surface area contributed by atoms with Crippen molar-refractivity contribution in [3.63, 3.8) is 0 Å². The van der Waals surface area contributed by atoms with Gasteiger partial charge in [-0.3, -0.25) is 4.98 Å². The lowest BCUT2D eigenvalue weighted by atomic mass is 9.98. The maximum Gasteiger partial charge on any atom is 0.0981 e. The summed E-state index contributed by atoms with van der Waals surface area (Å²) in [5, 5.41) is 4.66. The Hall–Kier alpha value is -1.26. The average Bonchev–Trinajstić information content (AvgIpc) is 2.80. The highest BCUT2D eigenvalue weighted by Gasteiger charge is 2.17. The van der Waals surface area contributed by atoms with Crippen LogP contribution in [0.3, 0.4) is 0 Å². The van der Waals surface area contributed by atoms with Crippen molar-refractivity contribution in [2.45, 2.75) is 46.2 Å². The molecule has 0 aliphatic rings. The molecule has 102 valence electrons. The van der Waals surface area contributed by atoms with E-state index in [1.54, 1.807) is 11.3 Å². The van der Waals surface area contributed by atoms with Crippen LogP contribution in [0.5, 0.6) is 0 Å². The van der Waals surface area contributed by atoms with Gasteiger partial charge in [-0.15, -0.1) is 11.3 Å². The molecule has 0 amide bonds. The molecule has 1 N–H and O–H groups in total. The van der Waals surface area contributed by atoms with Gasteiger partial charge in [-0.05, 0) is 24.1 Å². The normalized spacial score (nSPS) is 11.8. The second-order valence-corrected chi connectivity index (χ2v) is 6.90. The molecule has 2 aromatic heterocycles. The van der Waals surface area contributed by atoms with Crippen LogP contribution < -0.4 is 5.32 Å². The van der Waals surface area contributed by atoms with Gasteiger partial charge in [0.2, 0.25) is 0 Å². The zero-order valence-electron chi connectivity index (χ0n) is 12.0. The van der Waals surface area contributed by atoms with Gasteiger partial charge in [0, 0.05) is 42.0 Å². The number of rotatable bonds is 4. The van der Waals surface area contributed by atoms with Gasteiger partial charge in [-0.2, -0.15) is 0 Å². The van der Waals surface area contributed by atoms with E-state index in [1.165, 1.54) is 21.0 Å². The summed E-state index contributed by atoms with van der Waals surface area (Å²) in [7, 11) is 0. The first-order valence-corrected chi connectivity index (χ1v) is 7.34. The Kier molecular flexibility index (Phi) is 4.32. The summed E-state index contributed by atoms with van der Waals surface area (Å²) in [6.07, 6.45) is 5.73. The molecule has 2 rings (SSSR count). The summed E-state index contributed by atoms with van der Waals surface area (Å²) in [6.45, 7) is 10.4. The maximum absolute atomic E-state index is 4.50. The molecule has 0 fully saturated rings. The standard InChI is InChI=1S/C15H21N3S/c1-11-7-16-6-5-12(11)8-17-9-13-10-18-14(19-13)15(2,3)4/h5-7,10,17H,8-9H2,1-4H3. The minimum atomic E-state index is 0.143. The minimum Gasteiger partial charge on any atom is -0.308 e. The number of pyridine rings is 1. The van der Waals surface area contributed by atoms with Crippen LogP contribution in [0.25, 0.3) is 0 Å². The van der Waals surface area contributed by atoms with E-state index in [-0.39, 0.29) is 5.41 Å². The molecule has 0 atom stereocenters. The molecule has 0 saturated carbocycles. The number of nitrogens with one attached hydrogen (secondary N) is 1. The van der Waals surface area contributed by atoms with Crippen LogP contribution in [-0.2, 0) is 18.5 Å². The van der Waals surface area contributed by atoms with Gasteiger partial charge < -0.3 is 5.32 Å². The molecule has 3 nitrogen and oxygen atoms in total. The first-order chi connectivity index (χ1) is 8.97. The number of thiazole rings is 1. The lowest BCUT2D eigenvalue weighted by molar-refractivity contribution is 0.585. The second-order valence-electron chi connectivity index (χ2n) is 5.79. The Bertz CT molecular complexity index is 540. The molecule has 0 saturated heterocycles. The Morgan fingerprint density at radius 2 is 2.00 bits per heavy atom. The van der Waals surface area contributed by atoms with Crippen LogP contribution in [0.1, 0.15) is 41.8 Å². The molecule has 0 aliphatic carbocycles. The molecule has 0 unspecified atom stereocenters. The highest BCUT2D eigenvalue weighted by molar-refractivity contribution is 7.11. The van der Waals surface area contributed by atoms with Gasteiger partial charge in [0.15, 0.2) is 0 Å². The summed E-state index contributed by atoms with van der Waals surface area (Å²) in [6, 6.07) is 2.07. The predicted molar refractivity (Wildman–Crippen MR) is 80.3 cm³/mol. The number of aryl methyl sites for hydroxylation is 1. The summed E-state index contributed by atoms with van der Waals surface area (Å²) in [5.41, 5.74) is 2.68. The lowest BCUT2D eigenvalue weighted by Gasteiger charge is -2.13. The van der Waals surface area contributed by atoms with Crippen molar-refractivity contribution in [2.75, 3.05) is 0 Å². The van der Waals surface area contributed by atoms with Gasteiger partial charge in [0.25, 0.3) is 0 Å². The topological polar surface area (TPSA) is 37.8 Å². The van der Waals surface area contributed by atoms with Crippen LogP contribution in [0.4, 0.5) is 0 Å². The van der Waals surface area contributed by atoms with E-state index in [2.05, 4.69) is 49.0 Å². The molecular weight excluding hydrogens is 254 g/mol. The predicted octanol–water partition coefficient (Wildman–Crippen LogP) is 3.43. The maximum atomic E-state index is 4.50. The van der Waals surface area contributed by atoms with Crippen molar-refractivity contribution < 1.29 is 0 Å². The van der Waals surface area contributed by atoms with Crippen molar-refractivity contribution in [1.29, 1.82) is 0 Å². The fourth-order valence-corrected chi connectivity index (χ4v) is 2.70. The molecule has 4 heteroatoms. The van der Waals surface area contributed by atoms with E-state index < -0.39 is 0 Å². The van der Waals surface area contributed by atoms with Crippen LogP contribution in [0, 0.1) is 6.92 Å². The molecule has 0 bridgehead atoms. The van der Waals surface area contributed by atoms with Gasteiger partial charge >= 0.3 is 0 Å². The molecule has 0 aromatic carbocycles. The van der Waals surface area contributed by atoms with Crippen LogP contribution >= 0.6 is 11.3 Å². The van der Waals surface area contributed by atoms with Crippen molar-refractivity contribution in [1.82, 2.24) is 15.3 Å². The molecule has 2 heterocycles.